The van der Waals surface area contributed by atoms with Crippen molar-refractivity contribution >= 4 is 23.1 Å². The molecule has 0 aromatic heterocycles. The number of aromatic hydroxyl groups is 2. The number of carbonyl (C=O) groups is 2. The van der Waals surface area contributed by atoms with Crippen molar-refractivity contribution in [3.63, 3.8) is 0 Å². The lowest BCUT2D eigenvalue weighted by Crippen LogP contribution is -2.26. The first-order valence-electron chi connectivity index (χ1n) is 6.98. The zero-order valence-electron chi connectivity index (χ0n) is 13.1. The van der Waals surface area contributed by atoms with Crippen LogP contribution in [0.15, 0.2) is 36.4 Å². The van der Waals surface area contributed by atoms with E-state index >= 15 is 0 Å². The van der Waals surface area contributed by atoms with Crippen molar-refractivity contribution in [3.05, 3.63) is 47.5 Å². The summed E-state index contributed by atoms with van der Waals surface area (Å²) in [5.74, 6) is -0.662. The Kier molecular flexibility index (Phi) is 4.55. The van der Waals surface area contributed by atoms with Gasteiger partial charge in [-0.05, 0) is 19.1 Å². The standard InChI is InChI=1S/C17H18N2O4/c1-10(20)11-4-6-12(7-5-11)17(23)19(3)14-9-15(21)13(18-2)8-16(14)22/h4-9,18,21-22H,1-3H3. The van der Waals surface area contributed by atoms with E-state index in [1.54, 1.807) is 31.3 Å². The molecule has 0 atom stereocenters. The predicted molar refractivity (Wildman–Crippen MR) is 88.5 cm³/mol. The highest BCUT2D eigenvalue weighted by molar-refractivity contribution is 6.07. The number of phenols is 2. The molecule has 0 bridgehead atoms. The summed E-state index contributed by atoms with van der Waals surface area (Å²) in [4.78, 5) is 25.0. The van der Waals surface area contributed by atoms with Gasteiger partial charge < -0.3 is 20.4 Å². The van der Waals surface area contributed by atoms with Crippen molar-refractivity contribution in [2.75, 3.05) is 24.3 Å². The first-order chi connectivity index (χ1) is 10.8. The van der Waals surface area contributed by atoms with Gasteiger partial charge in [-0.15, -0.1) is 0 Å². The van der Waals surface area contributed by atoms with E-state index in [-0.39, 0.29) is 28.9 Å². The van der Waals surface area contributed by atoms with Crippen LogP contribution in [-0.2, 0) is 0 Å². The Bertz CT molecular complexity index is 754. The Morgan fingerprint density at radius 1 is 1.00 bits per heavy atom. The number of hydrogen-bond acceptors (Lipinski definition) is 5. The van der Waals surface area contributed by atoms with Crippen molar-refractivity contribution in [2.45, 2.75) is 6.92 Å². The topological polar surface area (TPSA) is 89.9 Å². The van der Waals surface area contributed by atoms with Gasteiger partial charge in [0.1, 0.15) is 11.5 Å². The van der Waals surface area contributed by atoms with Gasteiger partial charge in [-0.2, -0.15) is 0 Å². The lowest BCUT2D eigenvalue weighted by Gasteiger charge is -2.20. The van der Waals surface area contributed by atoms with E-state index in [1.165, 1.54) is 31.0 Å². The summed E-state index contributed by atoms with van der Waals surface area (Å²) in [5.41, 5.74) is 1.43. The second kappa shape index (κ2) is 6.39. The number of rotatable bonds is 4. The summed E-state index contributed by atoms with van der Waals surface area (Å²) in [7, 11) is 3.11. The fraction of sp³-hybridized carbons (Fsp3) is 0.176. The van der Waals surface area contributed by atoms with Gasteiger partial charge in [0.25, 0.3) is 5.91 Å². The molecular formula is C17H18N2O4. The molecule has 0 saturated carbocycles. The van der Waals surface area contributed by atoms with Crippen molar-refractivity contribution in [2.24, 2.45) is 0 Å². The van der Waals surface area contributed by atoms with E-state index in [4.69, 9.17) is 0 Å². The van der Waals surface area contributed by atoms with Crippen LogP contribution in [0.2, 0.25) is 0 Å². The van der Waals surface area contributed by atoms with E-state index in [2.05, 4.69) is 5.32 Å². The maximum atomic E-state index is 12.5. The van der Waals surface area contributed by atoms with Gasteiger partial charge in [0.15, 0.2) is 5.78 Å². The monoisotopic (exact) mass is 314 g/mol. The number of Topliss-reactive ketones (excluding diaryl/α,β-unsaturated/α-hetero) is 1. The van der Waals surface area contributed by atoms with Gasteiger partial charge in [-0.25, -0.2) is 0 Å². The minimum Gasteiger partial charge on any atom is -0.506 e. The molecule has 23 heavy (non-hydrogen) atoms. The van der Waals surface area contributed by atoms with Crippen LogP contribution in [0.1, 0.15) is 27.6 Å². The molecule has 6 nitrogen and oxygen atoms in total. The van der Waals surface area contributed by atoms with Crippen LogP contribution in [0.4, 0.5) is 11.4 Å². The molecule has 0 fully saturated rings. The number of carbonyl (C=O) groups excluding carboxylic acids is 2. The Morgan fingerprint density at radius 2 is 1.57 bits per heavy atom. The second-order valence-electron chi connectivity index (χ2n) is 5.11. The average Bonchev–Trinajstić information content (AvgIpc) is 2.55. The highest BCUT2D eigenvalue weighted by atomic mass is 16.3. The molecule has 1 amide bonds. The molecule has 0 aliphatic carbocycles. The largest absolute Gasteiger partial charge is 0.506 e. The Balaban J connectivity index is 2.32. The molecule has 2 aromatic carbocycles. The molecule has 0 radical (unpaired) electrons. The van der Waals surface area contributed by atoms with E-state index in [9.17, 15) is 19.8 Å². The Morgan fingerprint density at radius 3 is 2.09 bits per heavy atom. The lowest BCUT2D eigenvalue weighted by atomic mass is 10.1. The van der Waals surface area contributed by atoms with Crippen LogP contribution >= 0.6 is 0 Å². The van der Waals surface area contributed by atoms with E-state index in [1.807, 2.05) is 0 Å². The van der Waals surface area contributed by atoms with Crippen LogP contribution in [0.5, 0.6) is 11.5 Å². The van der Waals surface area contributed by atoms with Crippen LogP contribution in [0.25, 0.3) is 0 Å². The molecule has 2 aromatic rings. The minimum atomic E-state index is -0.369. The molecule has 0 spiro atoms. The first-order valence-corrected chi connectivity index (χ1v) is 6.98. The van der Waals surface area contributed by atoms with Crippen molar-refractivity contribution in [1.82, 2.24) is 0 Å². The van der Waals surface area contributed by atoms with Gasteiger partial charge in [-0.1, -0.05) is 12.1 Å². The average molecular weight is 314 g/mol. The maximum Gasteiger partial charge on any atom is 0.258 e. The molecule has 6 heteroatoms. The fourth-order valence-corrected chi connectivity index (χ4v) is 2.19. The number of ketones is 1. The number of hydrogen-bond donors (Lipinski definition) is 3. The Labute approximate surface area is 134 Å². The highest BCUT2D eigenvalue weighted by Gasteiger charge is 2.18. The van der Waals surface area contributed by atoms with Crippen LogP contribution in [0, 0.1) is 0 Å². The third kappa shape index (κ3) is 3.26. The number of phenolic OH excluding ortho intramolecular Hbond substituents is 2. The molecule has 3 N–H and O–H groups in total. The van der Waals surface area contributed by atoms with Crippen molar-refractivity contribution < 1.29 is 19.8 Å². The molecule has 0 unspecified atom stereocenters. The smallest absolute Gasteiger partial charge is 0.258 e. The molecule has 0 saturated heterocycles. The van der Waals surface area contributed by atoms with Gasteiger partial charge in [-0.3, -0.25) is 9.59 Å². The van der Waals surface area contributed by atoms with Gasteiger partial charge in [0.2, 0.25) is 0 Å². The van der Waals surface area contributed by atoms with E-state index in [0.717, 1.165) is 0 Å². The number of nitrogens with zero attached hydrogens (tertiary/aromatic N) is 1. The van der Waals surface area contributed by atoms with E-state index < -0.39 is 0 Å². The summed E-state index contributed by atoms with van der Waals surface area (Å²) in [6.45, 7) is 1.45. The summed E-state index contributed by atoms with van der Waals surface area (Å²) in [6.07, 6.45) is 0. The molecule has 0 aliphatic heterocycles. The summed E-state index contributed by atoms with van der Waals surface area (Å²) < 4.78 is 0. The summed E-state index contributed by atoms with van der Waals surface area (Å²) >= 11 is 0. The first kappa shape index (κ1) is 16.4. The lowest BCUT2D eigenvalue weighted by molar-refractivity contribution is 0.0987. The third-order valence-corrected chi connectivity index (χ3v) is 3.57. The summed E-state index contributed by atoms with van der Waals surface area (Å²) in [5, 5.41) is 22.6. The Hall–Kier alpha value is -3.02. The van der Waals surface area contributed by atoms with Gasteiger partial charge >= 0.3 is 0 Å². The van der Waals surface area contributed by atoms with E-state index in [0.29, 0.717) is 16.8 Å². The van der Waals surface area contributed by atoms with Crippen LogP contribution < -0.4 is 10.2 Å². The normalized spacial score (nSPS) is 10.2. The highest BCUT2D eigenvalue weighted by Crippen LogP contribution is 2.36. The zero-order chi connectivity index (χ0) is 17.1. The maximum absolute atomic E-state index is 12.5. The number of nitrogens with one attached hydrogen (secondary N) is 1. The molecule has 120 valence electrons. The second-order valence-corrected chi connectivity index (χ2v) is 5.11. The van der Waals surface area contributed by atoms with Gasteiger partial charge in [0, 0.05) is 37.4 Å². The van der Waals surface area contributed by atoms with Crippen LogP contribution in [0.3, 0.4) is 0 Å². The number of amides is 1. The molecule has 0 aliphatic rings. The fourth-order valence-electron chi connectivity index (χ4n) is 2.19. The zero-order valence-corrected chi connectivity index (χ0v) is 13.1. The van der Waals surface area contributed by atoms with Crippen LogP contribution in [-0.4, -0.2) is 36.0 Å². The predicted octanol–water partition coefficient (Wildman–Crippen LogP) is 2.62. The number of anilines is 2. The minimum absolute atomic E-state index is 0.0770. The molecule has 0 heterocycles. The summed E-state index contributed by atoms with van der Waals surface area (Å²) in [6, 6.07) is 8.90. The quantitative estimate of drug-likeness (QED) is 0.458. The molecule has 2 rings (SSSR count). The third-order valence-electron chi connectivity index (χ3n) is 3.57. The SMILES string of the molecule is CNc1cc(O)c(N(C)C(=O)c2ccc(C(C)=O)cc2)cc1O. The van der Waals surface area contributed by atoms with Gasteiger partial charge in [0.05, 0.1) is 11.4 Å². The molecular weight excluding hydrogens is 296 g/mol. The number of benzene rings is 2. The van der Waals surface area contributed by atoms with Crippen molar-refractivity contribution in [3.8, 4) is 11.5 Å². The van der Waals surface area contributed by atoms with Crippen molar-refractivity contribution in [1.29, 1.82) is 0 Å².